The van der Waals surface area contributed by atoms with Gasteiger partial charge in [-0.25, -0.2) is 4.68 Å². The zero-order chi connectivity index (χ0) is 10.1. The van der Waals surface area contributed by atoms with Gasteiger partial charge in [-0.15, -0.1) is 12.4 Å². The number of anilines is 1. The lowest BCUT2D eigenvalue weighted by Crippen LogP contribution is -2.01. The van der Waals surface area contributed by atoms with Crippen LogP contribution in [0.3, 0.4) is 0 Å². The topological polar surface area (TPSA) is 43.8 Å². The number of benzene rings is 1. The van der Waals surface area contributed by atoms with Crippen LogP contribution in [-0.4, -0.2) is 9.78 Å². The van der Waals surface area contributed by atoms with Crippen molar-refractivity contribution in [2.24, 2.45) is 0 Å². The molecule has 80 valence electrons. The number of rotatable bonds is 1. The molecule has 0 spiro atoms. The summed E-state index contributed by atoms with van der Waals surface area (Å²) >= 11 is 5.94. The Kier molecular flexibility index (Phi) is 3.61. The molecule has 0 radical (unpaired) electrons. The van der Waals surface area contributed by atoms with E-state index in [0.717, 1.165) is 11.4 Å². The summed E-state index contributed by atoms with van der Waals surface area (Å²) in [6, 6.07) is 9.66. The molecule has 1 heterocycles. The zero-order valence-corrected chi connectivity index (χ0v) is 9.72. The van der Waals surface area contributed by atoms with Gasteiger partial charge in [-0.05, 0) is 19.1 Å². The third kappa shape index (κ3) is 2.08. The largest absolute Gasteiger partial charge is 0.382 e. The average molecular weight is 244 g/mol. The molecule has 0 fully saturated rings. The molecule has 2 N–H and O–H groups in total. The van der Waals surface area contributed by atoms with E-state index in [0.29, 0.717) is 10.8 Å². The molecule has 2 aromatic rings. The molecule has 0 saturated heterocycles. The predicted molar refractivity (Wildman–Crippen MR) is 65.0 cm³/mol. The fourth-order valence-corrected chi connectivity index (χ4v) is 1.41. The van der Waals surface area contributed by atoms with Gasteiger partial charge in [-0.1, -0.05) is 29.8 Å². The maximum Gasteiger partial charge on any atom is 0.146 e. The standard InChI is InChI=1S/C10H10ClN3.ClH/c1-7-9(11)10(12)14(13-7)8-5-3-2-4-6-8;/h2-6H,12H2,1H3;1H. The van der Waals surface area contributed by atoms with Gasteiger partial charge in [0, 0.05) is 0 Å². The lowest BCUT2D eigenvalue weighted by molar-refractivity contribution is 0.872. The first-order valence-electron chi connectivity index (χ1n) is 4.26. The third-order valence-electron chi connectivity index (χ3n) is 2.02. The molecule has 3 nitrogen and oxygen atoms in total. The SMILES string of the molecule is Cc1nn(-c2ccccc2)c(N)c1Cl.Cl. The predicted octanol–water partition coefficient (Wildman–Crippen LogP) is 2.84. The molecule has 0 saturated carbocycles. The molecule has 5 heteroatoms. The molecule has 0 aliphatic carbocycles. The summed E-state index contributed by atoms with van der Waals surface area (Å²) in [6.45, 7) is 1.83. The van der Waals surface area contributed by atoms with Crippen LogP contribution < -0.4 is 5.73 Å². The van der Waals surface area contributed by atoms with Gasteiger partial charge in [-0.3, -0.25) is 0 Å². The molecule has 0 aliphatic rings. The Morgan fingerprint density at radius 3 is 2.33 bits per heavy atom. The molecular formula is C10H11Cl2N3. The van der Waals surface area contributed by atoms with Crippen molar-refractivity contribution in [3.63, 3.8) is 0 Å². The van der Waals surface area contributed by atoms with E-state index in [1.165, 1.54) is 0 Å². The van der Waals surface area contributed by atoms with Crippen molar-refractivity contribution in [2.75, 3.05) is 5.73 Å². The van der Waals surface area contributed by atoms with Crippen LogP contribution in [0.4, 0.5) is 5.82 Å². The van der Waals surface area contributed by atoms with E-state index in [9.17, 15) is 0 Å². The minimum atomic E-state index is 0. The quantitative estimate of drug-likeness (QED) is 0.838. The lowest BCUT2D eigenvalue weighted by Gasteiger charge is -2.02. The molecule has 0 unspecified atom stereocenters. The molecule has 0 bridgehead atoms. The first-order valence-corrected chi connectivity index (χ1v) is 4.64. The fraction of sp³-hybridized carbons (Fsp3) is 0.100. The smallest absolute Gasteiger partial charge is 0.146 e. The number of nitrogens with zero attached hydrogens (tertiary/aromatic N) is 2. The van der Waals surface area contributed by atoms with Crippen LogP contribution in [0.25, 0.3) is 5.69 Å². The van der Waals surface area contributed by atoms with Crippen molar-refractivity contribution in [3.8, 4) is 5.69 Å². The number of halogens is 2. The van der Waals surface area contributed by atoms with Crippen molar-refractivity contribution < 1.29 is 0 Å². The Hall–Kier alpha value is -1.19. The molecular weight excluding hydrogens is 233 g/mol. The van der Waals surface area contributed by atoms with E-state index in [4.69, 9.17) is 17.3 Å². The number of para-hydroxylation sites is 1. The number of nitrogen functional groups attached to an aromatic ring is 1. The Bertz CT molecular complexity index is 451. The lowest BCUT2D eigenvalue weighted by atomic mass is 10.3. The van der Waals surface area contributed by atoms with Crippen LogP contribution in [0, 0.1) is 6.92 Å². The summed E-state index contributed by atoms with van der Waals surface area (Å²) in [4.78, 5) is 0. The first kappa shape index (κ1) is 11.9. The van der Waals surface area contributed by atoms with E-state index >= 15 is 0 Å². The van der Waals surface area contributed by atoms with E-state index in [-0.39, 0.29) is 12.4 Å². The van der Waals surface area contributed by atoms with Crippen LogP contribution in [0.1, 0.15) is 5.69 Å². The van der Waals surface area contributed by atoms with Gasteiger partial charge in [-0.2, -0.15) is 5.10 Å². The van der Waals surface area contributed by atoms with Gasteiger partial charge in [0.15, 0.2) is 0 Å². The van der Waals surface area contributed by atoms with Crippen LogP contribution >= 0.6 is 24.0 Å². The van der Waals surface area contributed by atoms with Gasteiger partial charge in [0.25, 0.3) is 0 Å². The maximum atomic E-state index is 5.94. The van der Waals surface area contributed by atoms with Gasteiger partial charge >= 0.3 is 0 Å². The van der Waals surface area contributed by atoms with E-state index in [1.807, 2.05) is 37.3 Å². The normalized spacial score (nSPS) is 9.73. The highest BCUT2D eigenvalue weighted by atomic mass is 35.5. The molecule has 15 heavy (non-hydrogen) atoms. The van der Waals surface area contributed by atoms with Crippen LogP contribution in [0.5, 0.6) is 0 Å². The minimum Gasteiger partial charge on any atom is -0.382 e. The molecule has 0 amide bonds. The molecule has 1 aromatic heterocycles. The number of aromatic nitrogens is 2. The monoisotopic (exact) mass is 243 g/mol. The van der Waals surface area contributed by atoms with Crippen molar-refractivity contribution in [1.82, 2.24) is 9.78 Å². The Balaban J connectivity index is 0.00000112. The zero-order valence-electron chi connectivity index (χ0n) is 8.14. The van der Waals surface area contributed by atoms with Crippen molar-refractivity contribution in [3.05, 3.63) is 41.0 Å². The Morgan fingerprint density at radius 2 is 1.87 bits per heavy atom. The van der Waals surface area contributed by atoms with Gasteiger partial charge in [0.05, 0.1) is 11.4 Å². The Labute approximate surface area is 99.3 Å². The van der Waals surface area contributed by atoms with Crippen LogP contribution in [0.2, 0.25) is 5.02 Å². The van der Waals surface area contributed by atoms with Crippen LogP contribution in [0.15, 0.2) is 30.3 Å². The summed E-state index contributed by atoms with van der Waals surface area (Å²) in [6.07, 6.45) is 0. The van der Waals surface area contributed by atoms with E-state index in [1.54, 1.807) is 4.68 Å². The number of nitrogens with two attached hydrogens (primary N) is 1. The number of aryl methyl sites for hydroxylation is 1. The second-order valence-corrected chi connectivity index (χ2v) is 3.41. The van der Waals surface area contributed by atoms with Gasteiger partial charge < -0.3 is 5.73 Å². The second kappa shape index (κ2) is 4.55. The summed E-state index contributed by atoms with van der Waals surface area (Å²) in [5.74, 6) is 0.482. The summed E-state index contributed by atoms with van der Waals surface area (Å²) in [5, 5.41) is 4.76. The summed E-state index contributed by atoms with van der Waals surface area (Å²) < 4.78 is 1.64. The van der Waals surface area contributed by atoms with Crippen molar-refractivity contribution >= 4 is 29.8 Å². The minimum absolute atomic E-state index is 0. The fourth-order valence-electron chi connectivity index (χ4n) is 1.29. The molecule has 1 aromatic carbocycles. The summed E-state index contributed by atoms with van der Waals surface area (Å²) in [7, 11) is 0. The van der Waals surface area contributed by atoms with E-state index < -0.39 is 0 Å². The number of hydrogen-bond donors (Lipinski definition) is 1. The number of hydrogen-bond acceptors (Lipinski definition) is 2. The second-order valence-electron chi connectivity index (χ2n) is 3.03. The van der Waals surface area contributed by atoms with Gasteiger partial charge in [0.1, 0.15) is 10.8 Å². The third-order valence-corrected chi connectivity index (χ3v) is 2.49. The van der Waals surface area contributed by atoms with Crippen molar-refractivity contribution in [2.45, 2.75) is 6.92 Å². The van der Waals surface area contributed by atoms with Crippen molar-refractivity contribution in [1.29, 1.82) is 0 Å². The van der Waals surface area contributed by atoms with Gasteiger partial charge in [0.2, 0.25) is 0 Å². The highest BCUT2D eigenvalue weighted by molar-refractivity contribution is 6.33. The van der Waals surface area contributed by atoms with E-state index in [2.05, 4.69) is 5.10 Å². The maximum absolute atomic E-state index is 5.94. The summed E-state index contributed by atoms with van der Waals surface area (Å²) in [5.41, 5.74) is 7.46. The molecule has 0 atom stereocenters. The molecule has 2 rings (SSSR count). The average Bonchev–Trinajstić information content (AvgIpc) is 2.47. The highest BCUT2D eigenvalue weighted by Gasteiger charge is 2.10. The Morgan fingerprint density at radius 1 is 1.27 bits per heavy atom. The highest BCUT2D eigenvalue weighted by Crippen LogP contribution is 2.24. The molecule has 0 aliphatic heterocycles. The first-order chi connectivity index (χ1) is 6.70. The van der Waals surface area contributed by atoms with Crippen LogP contribution in [-0.2, 0) is 0 Å².